The van der Waals surface area contributed by atoms with Crippen molar-refractivity contribution < 1.29 is 4.79 Å². The van der Waals surface area contributed by atoms with Crippen LogP contribution in [-0.4, -0.2) is 33.0 Å². The summed E-state index contributed by atoms with van der Waals surface area (Å²) in [6, 6.07) is 16.2. The second-order valence-electron chi connectivity index (χ2n) is 6.84. The van der Waals surface area contributed by atoms with E-state index in [0.29, 0.717) is 18.8 Å². The van der Waals surface area contributed by atoms with Crippen LogP contribution in [0.3, 0.4) is 0 Å². The Kier molecular flexibility index (Phi) is 5.97. The fourth-order valence-electron chi connectivity index (χ4n) is 3.18. The average molecular weight is 423 g/mol. The zero-order valence-electron chi connectivity index (χ0n) is 16.4. The molecule has 4 rings (SSSR count). The highest BCUT2D eigenvalue weighted by Gasteiger charge is 2.20. The van der Waals surface area contributed by atoms with Crippen LogP contribution < -0.4 is 4.90 Å². The second-order valence-corrected chi connectivity index (χ2v) is 8.90. The number of rotatable bonds is 7. The van der Waals surface area contributed by atoms with Crippen molar-refractivity contribution in [3.63, 3.8) is 0 Å². The molecule has 0 saturated heterocycles. The molecule has 0 unspecified atom stereocenters. The SMILES string of the molecule is Cc1cc(C)c2nc(N(CCn3cccn3)C(=O)CSc3ccccc3)sc2c1. The number of aryl methyl sites for hydroxylation is 2. The van der Waals surface area contributed by atoms with E-state index in [-0.39, 0.29) is 5.91 Å². The Hall–Kier alpha value is -2.64. The van der Waals surface area contributed by atoms with Gasteiger partial charge in [0.25, 0.3) is 0 Å². The van der Waals surface area contributed by atoms with Gasteiger partial charge in [-0.1, -0.05) is 35.6 Å². The van der Waals surface area contributed by atoms with Gasteiger partial charge in [0, 0.05) is 23.8 Å². The number of anilines is 1. The summed E-state index contributed by atoms with van der Waals surface area (Å²) in [7, 11) is 0. The van der Waals surface area contributed by atoms with Gasteiger partial charge in [0.15, 0.2) is 5.13 Å². The summed E-state index contributed by atoms with van der Waals surface area (Å²) in [5.41, 5.74) is 3.32. The molecule has 0 N–H and O–H groups in total. The first-order chi connectivity index (χ1) is 14.1. The number of nitrogens with zero attached hydrogens (tertiary/aromatic N) is 4. The molecule has 4 aromatic rings. The fraction of sp³-hybridized carbons (Fsp3) is 0.227. The number of hydrogen-bond acceptors (Lipinski definition) is 5. The van der Waals surface area contributed by atoms with Crippen LogP contribution in [0, 0.1) is 13.8 Å². The van der Waals surface area contributed by atoms with Gasteiger partial charge in [-0.3, -0.25) is 14.4 Å². The molecule has 0 radical (unpaired) electrons. The highest BCUT2D eigenvalue weighted by molar-refractivity contribution is 8.00. The number of hydrogen-bond donors (Lipinski definition) is 0. The van der Waals surface area contributed by atoms with Crippen LogP contribution in [0.15, 0.2) is 65.8 Å². The number of thiazole rings is 1. The molecule has 0 aliphatic carbocycles. The Morgan fingerprint density at radius 3 is 2.76 bits per heavy atom. The number of aromatic nitrogens is 3. The zero-order valence-corrected chi connectivity index (χ0v) is 18.0. The molecule has 0 spiro atoms. The highest BCUT2D eigenvalue weighted by Crippen LogP contribution is 2.32. The maximum atomic E-state index is 13.1. The molecular formula is C22H22N4OS2. The van der Waals surface area contributed by atoms with Gasteiger partial charge in [-0.15, -0.1) is 11.8 Å². The molecule has 2 aromatic carbocycles. The van der Waals surface area contributed by atoms with Crippen molar-refractivity contribution >= 4 is 44.4 Å². The Labute approximate surface area is 178 Å². The van der Waals surface area contributed by atoms with Crippen molar-refractivity contribution in [2.45, 2.75) is 25.3 Å². The van der Waals surface area contributed by atoms with Gasteiger partial charge in [-0.2, -0.15) is 5.10 Å². The van der Waals surface area contributed by atoms with E-state index < -0.39 is 0 Å². The third-order valence-corrected chi connectivity index (χ3v) is 6.59. The number of benzene rings is 2. The maximum absolute atomic E-state index is 13.1. The summed E-state index contributed by atoms with van der Waals surface area (Å²) >= 11 is 3.13. The summed E-state index contributed by atoms with van der Waals surface area (Å²) < 4.78 is 2.96. The highest BCUT2D eigenvalue weighted by atomic mass is 32.2. The number of carbonyl (C=O) groups is 1. The van der Waals surface area contributed by atoms with E-state index in [1.54, 1.807) is 34.2 Å². The standard InChI is InChI=1S/C22H22N4OS2/c1-16-13-17(2)21-19(14-16)29-22(24-21)26(12-11-25-10-6-9-23-25)20(27)15-28-18-7-4-3-5-8-18/h3-10,13-14H,11-12,15H2,1-2H3. The summed E-state index contributed by atoms with van der Waals surface area (Å²) in [5, 5.41) is 5.01. The van der Waals surface area contributed by atoms with E-state index in [9.17, 15) is 4.79 Å². The molecule has 2 aromatic heterocycles. The van der Waals surface area contributed by atoms with Crippen molar-refractivity contribution in [1.82, 2.24) is 14.8 Å². The Morgan fingerprint density at radius 1 is 1.17 bits per heavy atom. The molecular weight excluding hydrogens is 400 g/mol. The molecule has 148 valence electrons. The normalized spacial score (nSPS) is 11.1. The minimum Gasteiger partial charge on any atom is -0.285 e. The van der Waals surface area contributed by atoms with Crippen molar-refractivity contribution in [1.29, 1.82) is 0 Å². The number of thioether (sulfide) groups is 1. The molecule has 0 atom stereocenters. The predicted octanol–water partition coefficient (Wildman–Crippen LogP) is 4.94. The minimum atomic E-state index is 0.0550. The Bertz CT molecular complexity index is 1110. The summed E-state index contributed by atoms with van der Waals surface area (Å²) in [4.78, 5) is 20.9. The van der Waals surface area contributed by atoms with Gasteiger partial charge in [0.1, 0.15) is 0 Å². The zero-order chi connectivity index (χ0) is 20.2. The largest absolute Gasteiger partial charge is 0.285 e. The molecule has 0 saturated carbocycles. The summed E-state index contributed by atoms with van der Waals surface area (Å²) in [6.45, 7) is 5.32. The third-order valence-electron chi connectivity index (χ3n) is 4.57. The number of fused-ring (bicyclic) bond motifs is 1. The third kappa shape index (κ3) is 4.68. The average Bonchev–Trinajstić information content (AvgIpc) is 3.37. The predicted molar refractivity (Wildman–Crippen MR) is 121 cm³/mol. The van der Waals surface area contributed by atoms with E-state index in [4.69, 9.17) is 4.98 Å². The molecule has 0 bridgehead atoms. The smallest absolute Gasteiger partial charge is 0.239 e. The first kappa shape index (κ1) is 19.7. The molecule has 29 heavy (non-hydrogen) atoms. The molecule has 1 amide bonds. The maximum Gasteiger partial charge on any atom is 0.239 e. The lowest BCUT2D eigenvalue weighted by atomic mass is 10.1. The lowest BCUT2D eigenvalue weighted by molar-refractivity contribution is -0.116. The van der Waals surface area contributed by atoms with E-state index >= 15 is 0 Å². The quantitative estimate of drug-likeness (QED) is 0.396. The van der Waals surface area contributed by atoms with Crippen LogP contribution in [0.2, 0.25) is 0 Å². The van der Waals surface area contributed by atoms with Gasteiger partial charge in [0.2, 0.25) is 5.91 Å². The van der Waals surface area contributed by atoms with Crippen molar-refractivity contribution in [2.24, 2.45) is 0 Å². The Balaban J connectivity index is 1.58. The van der Waals surface area contributed by atoms with Gasteiger partial charge in [-0.25, -0.2) is 4.98 Å². The van der Waals surface area contributed by atoms with Gasteiger partial charge in [0.05, 0.1) is 22.5 Å². The molecule has 2 heterocycles. The fourth-order valence-corrected chi connectivity index (χ4v) is 5.16. The van der Waals surface area contributed by atoms with Gasteiger partial charge in [-0.05, 0) is 49.2 Å². The lowest BCUT2D eigenvalue weighted by Gasteiger charge is -2.19. The Morgan fingerprint density at radius 2 is 2.00 bits per heavy atom. The molecule has 5 nitrogen and oxygen atoms in total. The van der Waals surface area contributed by atoms with Gasteiger partial charge < -0.3 is 0 Å². The second kappa shape index (κ2) is 8.80. The van der Waals surface area contributed by atoms with Crippen LogP contribution in [0.1, 0.15) is 11.1 Å². The summed E-state index contributed by atoms with van der Waals surface area (Å²) in [5.74, 6) is 0.427. The molecule has 0 aliphatic heterocycles. The van der Waals surface area contributed by atoms with E-state index in [1.807, 2.05) is 47.3 Å². The lowest BCUT2D eigenvalue weighted by Crippen LogP contribution is -2.35. The van der Waals surface area contributed by atoms with Crippen LogP contribution in [0.5, 0.6) is 0 Å². The molecule has 0 aliphatic rings. The van der Waals surface area contributed by atoms with Crippen molar-refractivity contribution in [3.8, 4) is 0 Å². The topological polar surface area (TPSA) is 51.0 Å². The number of carbonyl (C=O) groups excluding carboxylic acids is 1. The van der Waals surface area contributed by atoms with Gasteiger partial charge >= 0.3 is 0 Å². The van der Waals surface area contributed by atoms with Crippen molar-refractivity contribution in [2.75, 3.05) is 17.2 Å². The summed E-state index contributed by atoms with van der Waals surface area (Å²) in [6.07, 6.45) is 3.66. The van der Waals surface area contributed by atoms with E-state index in [1.165, 1.54) is 5.56 Å². The van der Waals surface area contributed by atoms with E-state index in [0.717, 1.165) is 25.8 Å². The van der Waals surface area contributed by atoms with Crippen LogP contribution >= 0.6 is 23.1 Å². The minimum absolute atomic E-state index is 0.0550. The van der Waals surface area contributed by atoms with E-state index in [2.05, 4.69) is 31.1 Å². The van der Waals surface area contributed by atoms with Crippen LogP contribution in [0.4, 0.5) is 5.13 Å². The first-order valence-electron chi connectivity index (χ1n) is 9.43. The van der Waals surface area contributed by atoms with Crippen LogP contribution in [0.25, 0.3) is 10.2 Å². The molecule has 7 heteroatoms. The number of amides is 1. The monoisotopic (exact) mass is 422 g/mol. The van der Waals surface area contributed by atoms with Crippen molar-refractivity contribution in [3.05, 3.63) is 72.1 Å². The first-order valence-corrected chi connectivity index (χ1v) is 11.2. The molecule has 0 fully saturated rings. The van der Waals surface area contributed by atoms with Crippen LogP contribution in [-0.2, 0) is 11.3 Å².